The number of carbonyl (C=O) groups excluding carboxylic acids is 2. The number of piperidine rings is 3. The van der Waals surface area contributed by atoms with Gasteiger partial charge < -0.3 is 10.2 Å². The molecule has 3 atom stereocenters. The largest absolute Gasteiger partial charge is 0.351 e. The molecule has 3 saturated heterocycles. The average molecular weight is 377 g/mol. The van der Waals surface area contributed by atoms with Gasteiger partial charge >= 0.3 is 0 Å². The number of rotatable bonds is 4. The first-order valence-electron chi connectivity index (χ1n) is 9.71. The molecular weight excluding hydrogens is 352 g/mol. The van der Waals surface area contributed by atoms with E-state index in [9.17, 15) is 18.4 Å². The standard InChI is InChI=1S/C20H25F2N3O2/c21-16-5-13(6-17(22)7-16)8-23-19(26)12-24-9-14-4-15(11-24)18-2-1-3-20(27)25(18)10-14/h5-7,14-15,18H,1-4,8-12H2,(H,23,26)/t14-,15-,18-/m1/s1. The van der Waals surface area contributed by atoms with Crippen molar-refractivity contribution in [1.29, 1.82) is 0 Å². The number of nitrogens with zero attached hydrogens (tertiary/aromatic N) is 2. The highest BCUT2D eigenvalue weighted by atomic mass is 19.1. The average Bonchev–Trinajstić information content (AvgIpc) is 2.60. The fourth-order valence-corrected chi connectivity index (χ4v) is 5.01. The number of halogens is 2. The van der Waals surface area contributed by atoms with Crippen LogP contribution in [0.4, 0.5) is 8.78 Å². The molecule has 3 aliphatic rings. The molecule has 3 heterocycles. The second kappa shape index (κ2) is 7.54. The molecule has 4 rings (SSSR count). The predicted octanol–water partition coefficient (Wildman–Crippen LogP) is 1.91. The minimum Gasteiger partial charge on any atom is -0.351 e. The zero-order valence-electron chi connectivity index (χ0n) is 15.3. The van der Waals surface area contributed by atoms with Gasteiger partial charge in [-0.25, -0.2) is 8.78 Å². The summed E-state index contributed by atoms with van der Waals surface area (Å²) in [6.45, 7) is 2.84. The lowest BCUT2D eigenvalue weighted by Crippen LogP contribution is -2.61. The Bertz CT molecular complexity index is 722. The second-order valence-electron chi connectivity index (χ2n) is 8.12. The lowest BCUT2D eigenvalue weighted by Gasteiger charge is -2.52. The first-order chi connectivity index (χ1) is 13.0. The van der Waals surface area contributed by atoms with E-state index in [1.807, 2.05) is 0 Å². The Balaban J connectivity index is 1.31. The van der Waals surface area contributed by atoms with Gasteiger partial charge in [0.2, 0.25) is 11.8 Å². The van der Waals surface area contributed by atoms with E-state index in [-0.39, 0.29) is 24.9 Å². The maximum Gasteiger partial charge on any atom is 0.234 e. The van der Waals surface area contributed by atoms with Gasteiger partial charge in [0.15, 0.2) is 0 Å². The molecule has 0 spiro atoms. The molecule has 0 aliphatic carbocycles. The Morgan fingerprint density at radius 1 is 1.15 bits per heavy atom. The molecule has 0 saturated carbocycles. The molecule has 3 aliphatic heterocycles. The normalized spacial score (nSPS) is 28.0. The van der Waals surface area contributed by atoms with E-state index >= 15 is 0 Å². The van der Waals surface area contributed by atoms with Gasteiger partial charge in [-0.15, -0.1) is 0 Å². The minimum atomic E-state index is -0.644. The number of nitrogens with one attached hydrogen (secondary N) is 1. The highest BCUT2D eigenvalue weighted by molar-refractivity contribution is 5.78. The topological polar surface area (TPSA) is 52.7 Å². The summed E-state index contributed by atoms with van der Waals surface area (Å²) < 4.78 is 26.5. The Morgan fingerprint density at radius 3 is 2.70 bits per heavy atom. The summed E-state index contributed by atoms with van der Waals surface area (Å²) in [7, 11) is 0. The van der Waals surface area contributed by atoms with Crippen LogP contribution in [0.2, 0.25) is 0 Å². The third-order valence-electron chi connectivity index (χ3n) is 6.03. The monoisotopic (exact) mass is 377 g/mol. The van der Waals surface area contributed by atoms with E-state index in [1.165, 1.54) is 12.1 Å². The summed E-state index contributed by atoms with van der Waals surface area (Å²) in [5.41, 5.74) is 0.410. The first-order valence-corrected chi connectivity index (χ1v) is 9.71. The molecule has 146 valence electrons. The molecule has 7 heteroatoms. The van der Waals surface area contributed by atoms with Gasteiger partial charge in [-0.05, 0) is 48.8 Å². The van der Waals surface area contributed by atoms with Gasteiger partial charge in [0, 0.05) is 44.7 Å². The Morgan fingerprint density at radius 2 is 1.93 bits per heavy atom. The van der Waals surface area contributed by atoms with Gasteiger partial charge in [-0.1, -0.05) is 0 Å². The van der Waals surface area contributed by atoms with E-state index in [2.05, 4.69) is 15.1 Å². The third kappa shape index (κ3) is 4.13. The number of hydrogen-bond donors (Lipinski definition) is 1. The molecular formula is C20H25F2N3O2. The maximum atomic E-state index is 13.2. The van der Waals surface area contributed by atoms with E-state index in [4.69, 9.17) is 0 Å². The van der Waals surface area contributed by atoms with E-state index < -0.39 is 11.6 Å². The number of likely N-dealkylation sites (tertiary alicyclic amines) is 1. The van der Waals surface area contributed by atoms with Gasteiger partial charge in [-0.2, -0.15) is 0 Å². The molecule has 1 aromatic rings. The first kappa shape index (κ1) is 18.3. The van der Waals surface area contributed by atoms with Crippen molar-refractivity contribution < 1.29 is 18.4 Å². The second-order valence-corrected chi connectivity index (χ2v) is 8.12. The Labute approximate surface area is 157 Å². The highest BCUT2D eigenvalue weighted by Gasteiger charge is 2.43. The van der Waals surface area contributed by atoms with Crippen LogP contribution < -0.4 is 5.32 Å². The van der Waals surface area contributed by atoms with Crippen molar-refractivity contribution in [3.63, 3.8) is 0 Å². The third-order valence-corrected chi connectivity index (χ3v) is 6.03. The molecule has 5 nitrogen and oxygen atoms in total. The van der Waals surface area contributed by atoms with Crippen molar-refractivity contribution in [2.45, 2.75) is 38.3 Å². The summed E-state index contributed by atoms with van der Waals surface area (Å²) in [5.74, 6) is -0.283. The number of fused-ring (bicyclic) bond motifs is 4. The van der Waals surface area contributed by atoms with Crippen LogP contribution in [0.3, 0.4) is 0 Å². The van der Waals surface area contributed by atoms with Crippen LogP contribution in [-0.4, -0.2) is 53.8 Å². The van der Waals surface area contributed by atoms with Crippen LogP contribution in [-0.2, 0) is 16.1 Å². The fourth-order valence-electron chi connectivity index (χ4n) is 5.01. The summed E-state index contributed by atoms with van der Waals surface area (Å²) in [6.07, 6.45) is 3.83. The molecule has 27 heavy (non-hydrogen) atoms. The Hall–Kier alpha value is -2.02. The van der Waals surface area contributed by atoms with Crippen molar-refractivity contribution in [2.24, 2.45) is 11.8 Å². The quantitative estimate of drug-likeness (QED) is 0.872. The minimum absolute atomic E-state index is 0.110. The molecule has 0 unspecified atom stereocenters. The van der Waals surface area contributed by atoms with Gasteiger partial charge in [-0.3, -0.25) is 14.5 Å². The van der Waals surface area contributed by atoms with Gasteiger partial charge in [0.05, 0.1) is 6.54 Å². The summed E-state index contributed by atoms with van der Waals surface area (Å²) in [6, 6.07) is 3.59. The molecule has 0 aromatic heterocycles. The molecule has 0 radical (unpaired) electrons. The van der Waals surface area contributed by atoms with Gasteiger partial charge in [0.1, 0.15) is 11.6 Å². The smallest absolute Gasteiger partial charge is 0.234 e. The van der Waals surface area contributed by atoms with Crippen molar-refractivity contribution in [1.82, 2.24) is 15.1 Å². The van der Waals surface area contributed by atoms with E-state index in [1.54, 1.807) is 0 Å². The highest BCUT2D eigenvalue weighted by Crippen LogP contribution is 2.37. The van der Waals surface area contributed by atoms with Crippen LogP contribution in [0.1, 0.15) is 31.2 Å². The molecule has 1 N–H and O–H groups in total. The SMILES string of the molecule is O=C(CN1C[C@H]2C[C@H](C1)[C@H]1CCCC(=O)N1C2)NCc1cc(F)cc(F)c1. The summed E-state index contributed by atoms with van der Waals surface area (Å²) in [4.78, 5) is 28.7. The van der Waals surface area contributed by atoms with E-state index in [0.717, 1.165) is 45.0 Å². The van der Waals surface area contributed by atoms with Crippen molar-refractivity contribution in [3.05, 3.63) is 35.4 Å². The summed E-state index contributed by atoms with van der Waals surface area (Å²) >= 11 is 0. The van der Waals surface area contributed by atoms with Crippen LogP contribution in [0.15, 0.2) is 18.2 Å². The van der Waals surface area contributed by atoms with Crippen molar-refractivity contribution >= 4 is 11.8 Å². The molecule has 1 aromatic carbocycles. The predicted molar refractivity (Wildman–Crippen MR) is 95.6 cm³/mol. The molecule has 3 fully saturated rings. The van der Waals surface area contributed by atoms with Crippen LogP contribution in [0.25, 0.3) is 0 Å². The van der Waals surface area contributed by atoms with Crippen LogP contribution >= 0.6 is 0 Å². The van der Waals surface area contributed by atoms with Crippen LogP contribution in [0.5, 0.6) is 0 Å². The number of benzene rings is 1. The summed E-state index contributed by atoms with van der Waals surface area (Å²) in [5, 5.41) is 2.75. The molecule has 2 amide bonds. The number of hydrogen-bond acceptors (Lipinski definition) is 3. The number of amides is 2. The van der Waals surface area contributed by atoms with E-state index in [0.29, 0.717) is 29.9 Å². The molecule has 2 bridgehead atoms. The Kier molecular flexibility index (Phi) is 5.12. The zero-order chi connectivity index (χ0) is 19.0. The lowest BCUT2D eigenvalue weighted by atomic mass is 9.76. The number of carbonyl (C=O) groups is 2. The van der Waals surface area contributed by atoms with Crippen molar-refractivity contribution in [2.75, 3.05) is 26.2 Å². The maximum absolute atomic E-state index is 13.2. The van der Waals surface area contributed by atoms with Gasteiger partial charge in [0.25, 0.3) is 0 Å². The van der Waals surface area contributed by atoms with Crippen molar-refractivity contribution in [3.8, 4) is 0 Å². The zero-order valence-corrected chi connectivity index (χ0v) is 15.3. The fraction of sp³-hybridized carbons (Fsp3) is 0.600. The lowest BCUT2D eigenvalue weighted by molar-refractivity contribution is -0.145. The van der Waals surface area contributed by atoms with Crippen LogP contribution in [0, 0.1) is 23.5 Å².